The van der Waals surface area contributed by atoms with Gasteiger partial charge in [0.15, 0.2) is 0 Å². The first kappa shape index (κ1) is 69.3. The number of aliphatic hydroxyl groups excluding tert-OH is 2. The lowest BCUT2D eigenvalue weighted by molar-refractivity contribution is -0.143. The number of carbonyl (C=O) groups excluding carboxylic acids is 2. The van der Waals surface area contributed by atoms with Crippen molar-refractivity contribution in [3.8, 4) is 0 Å². The number of esters is 1. The van der Waals surface area contributed by atoms with Crippen molar-refractivity contribution >= 4 is 11.9 Å². The number of hydrogen-bond acceptors (Lipinski definition) is 5. The van der Waals surface area contributed by atoms with Gasteiger partial charge in [0.1, 0.15) is 0 Å². The van der Waals surface area contributed by atoms with E-state index in [1.807, 2.05) is 0 Å². The predicted octanol–water partition coefficient (Wildman–Crippen LogP) is 20.2. The molecular weight excluding hydrogens is 875 g/mol. The van der Waals surface area contributed by atoms with Crippen LogP contribution in [0.2, 0.25) is 0 Å². The summed E-state index contributed by atoms with van der Waals surface area (Å²) < 4.78 is 5.47. The third-order valence-corrected chi connectivity index (χ3v) is 15.0. The highest BCUT2D eigenvalue weighted by Gasteiger charge is 2.20. The Hall–Kier alpha value is -1.66. The molecule has 0 rings (SSSR count). The quantitative estimate of drug-likeness (QED) is 0.0320. The molecule has 71 heavy (non-hydrogen) atoms. The first-order chi connectivity index (χ1) is 35.0. The molecule has 0 aliphatic rings. The van der Waals surface area contributed by atoms with Crippen LogP contribution in [0.15, 0.2) is 24.3 Å². The molecule has 0 aliphatic heterocycles. The minimum absolute atomic E-state index is 0.00284. The molecular formula is C65H125NO5. The Morgan fingerprint density at radius 3 is 1.03 bits per heavy atom. The second kappa shape index (κ2) is 60.9. The van der Waals surface area contributed by atoms with Crippen LogP contribution in [-0.2, 0) is 14.3 Å². The van der Waals surface area contributed by atoms with Gasteiger partial charge in [-0.2, -0.15) is 0 Å². The van der Waals surface area contributed by atoms with E-state index in [0.717, 1.165) is 44.9 Å². The minimum Gasteiger partial charge on any atom is -0.466 e. The van der Waals surface area contributed by atoms with Crippen LogP contribution in [0.25, 0.3) is 0 Å². The van der Waals surface area contributed by atoms with Crippen molar-refractivity contribution < 1.29 is 24.5 Å². The van der Waals surface area contributed by atoms with Crippen LogP contribution in [0, 0.1) is 0 Å². The number of nitrogens with one attached hydrogen (secondary N) is 1. The van der Waals surface area contributed by atoms with Gasteiger partial charge < -0.3 is 20.3 Å². The largest absolute Gasteiger partial charge is 0.466 e. The van der Waals surface area contributed by atoms with Crippen LogP contribution < -0.4 is 5.32 Å². The summed E-state index contributed by atoms with van der Waals surface area (Å²) in [6.45, 7) is 4.95. The molecule has 6 heteroatoms. The molecule has 0 heterocycles. The van der Waals surface area contributed by atoms with E-state index < -0.39 is 12.1 Å². The fourth-order valence-corrected chi connectivity index (χ4v) is 10.0. The van der Waals surface area contributed by atoms with E-state index in [9.17, 15) is 19.8 Å². The standard InChI is InChI=1S/C65H125NO5/c1-3-5-7-9-11-13-15-17-18-19-28-31-34-37-41-45-49-53-57-63(68)62(61-67)66-64(69)58-54-50-46-42-38-35-32-29-26-24-22-20-21-23-25-27-30-33-36-40-44-48-52-56-60-71-65(70)59-55-51-47-43-39-16-14-12-10-8-6-4-2/h12,14,22,24,62-63,67-68H,3-11,13,15-21,23,25-61H2,1-2H3,(H,66,69)/b14-12-,24-22-. The number of unbranched alkanes of at least 4 members (excludes halogenated alkanes) is 45. The van der Waals surface area contributed by atoms with Gasteiger partial charge in [-0.3, -0.25) is 9.59 Å². The highest BCUT2D eigenvalue weighted by Crippen LogP contribution is 2.18. The third kappa shape index (κ3) is 57.5. The Morgan fingerprint density at radius 2 is 0.662 bits per heavy atom. The van der Waals surface area contributed by atoms with E-state index in [2.05, 4.69) is 43.5 Å². The van der Waals surface area contributed by atoms with Crippen molar-refractivity contribution in [2.75, 3.05) is 13.2 Å². The summed E-state index contributed by atoms with van der Waals surface area (Å²) in [6, 6.07) is -0.545. The van der Waals surface area contributed by atoms with E-state index in [4.69, 9.17) is 4.74 Å². The molecule has 0 fully saturated rings. The zero-order valence-corrected chi connectivity index (χ0v) is 48.0. The number of aliphatic hydroxyl groups is 2. The van der Waals surface area contributed by atoms with E-state index in [1.54, 1.807) is 0 Å². The van der Waals surface area contributed by atoms with Gasteiger partial charge in [0.25, 0.3) is 0 Å². The normalized spacial score (nSPS) is 12.7. The molecule has 0 aromatic carbocycles. The zero-order valence-electron chi connectivity index (χ0n) is 48.0. The molecule has 0 aromatic rings. The maximum absolute atomic E-state index is 12.5. The summed E-state index contributed by atoms with van der Waals surface area (Å²) in [5, 5.41) is 23.3. The van der Waals surface area contributed by atoms with Gasteiger partial charge in [-0.25, -0.2) is 0 Å². The van der Waals surface area contributed by atoms with Crippen molar-refractivity contribution in [1.29, 1.82) is 0 Å². The first-order valence-corrected chi connectivity index (χ1v) is 32.1. The van der Waals surface area contributed by atoms with Crippen LogP contribution in [0.4, 0.5) is 0 Å². The van der Waals surface area contributed by atoms with Crippen LogP contribution in [-0.4, -0.2) is 47.4 Å². The van der Waals surface area contributed by atoms with Crippen molar-refractivity contribution in [3.05, 3.63) is 24.3 Å². The lowest BCUT2D eigenvalue weighted by Crippen LogP contribution is -2.45. The molecule has 0 aliphatic carbocycles. The average molecular weight is 1000 g/mol. The van der Waals surface area contributed by atoms with Gasteiger partial charge in [-0.1, -0.05) is 289 Å². The predicted molar refractivity (Wildman–Crippen MR) is 310 cm³/mol. The Morgan fingerprint density at radius 1 is 0.380 bits per heavy atom. The summed E-state index contributed by atoms with van der Waals surface area (Å²) >= 11 is 0. The highest BCUT2D eigenvalue weighted by atomic mass is 16.5. The molecule has 3 N–H and O–H groups in total. The number of allylic oxidation sites excluding steroid dienone is 4. The monoisotopic (exact) mass is 1000 g/mol. The van der Waals surface area contributed by atoms with E-state index in [1.165, 1.54) is 276 Å². The molecule has 0 saturated carbocycles. The summed E-state index contributed by atoms with van der Waals surface area (Å²) in [5.74, 6) is -0.0338. The van der Waals surface area contributed by atoms with Crippen molar-refractivity contribution in [3.63, 3.8) is 0 Å². The Bertz CT molecular complexity index is 1110. The molecule has 0 radical (unpaired) electrons. The number of amides is 1. The molecule has 0 saturated heterocycles. The molecule has 0 bridgehead atoms. The minimum atomic E-state index is -0.667. The lowest BCUT2D eigenvalue weighted by Gasteiger charge is -2.22. The fourth-order valence-electron chi connectivity index (χ4n) is 10.0. The topological polar surface area (TPSA) is 95.9 Å². The SMILES string of the molecule is CCCCC/C=C\CCCCCCCC(=O)OCCCCCCCCCCCCCC/C=C\CCCCCCCCCCC(=O)NC(CO)C(O)CCCCCCCCCCCCCCCCCCCC. The van der Waals surface area contributed by atoms with E-state index in [-0.39, 0.29) is 18.5 Å². The Labute approximate surface area is 443 Å². The smallest absolute Gasteiger partial charge is 0.305 e. The van der Waals surface area contributed by atoms with Crippen LogP contribution in [0.3, 0.4) is 0 Å². The van der Waals surface area contributed by atoms with Crippen LogP contribution in [0.1, 0.15) is 354 Å². The van der Waals surface area contributed by atoms with Crippen molar-refractivity contribution in [2.45, 2.75) is 366 Å². The van der Waals surface area contributed by atoms with Gasteiger partial charge >= 0.3 is 5.97 Å². The van der Waals surface area contributed by atoms with Crippen molar-refractivity contribution in [2.24, 2.45) is 0 Å². The second-order valence-corrected chi connectivity index (χ2v) is 22.1. The molecule has 6 nitrogen and oxygen atoms in total. The highest BCUT2D eigenvalue weighted by molar-refractivity contribution is 5.76. The van der Waals surface area contributed by atoms with Gasteiger partial charge in [-0.15, -0.1) is 0 Å². The average Bonchev–Trinajstić information content (AvgIpc) is 3.37. The van der Waals surface area contributed by atoms with Gasteiger partial charge in [-0.05, 0) is 77.0 Å². The molecule has 1 amide bonds. The summed E-state index contributed by atoms with van der Waals surface area (Å²) in [5.41, 5.74) is 0. The Balaban J connectivity index is 3.41. The van der Waals surface area contributed by atoms with Gasteiger partial charge in [0, 0.05) is 12.8 Å². The molecule has 2 unspecified atom stereocenters. The van der Waals surface area contributed by atoms with Gasteiger partial charge in [0.2, 0.25) is 5.91 Å². The van der Waals surface area contributed by atoms with Crippen LogP contribution >= 0.6 is 0 Å². The maximum Gasteiger partial charge on any atom is 0.305 e. The summed E-state index contributed by atoms with van der Waals surface area (Å²) in [7, 11) is 0. The first-order valence-electron chi connectivity index (χ1n) is 32.1. The number of carbonyl (C=O) groups is 2. The number of ether oxygens (including phenoxy) is 1. The lowest BCUT2D eigenvalue weighted by atomic mass is 10.0. The Kier molecular flexibility index (Phi) is 59.5. The summed E-state index contributed by atoms with van der Waals surface area (Å²) in [4.78, 5) is 24.5. The zero-order chi connectivity index (χ0) is 51.4. The van der Waals surface area contributed by atoms with E-state index >= 15 is 0 Å². The second-order valence-electron chi connectivity index (χ2n) is 22.1. The van der Waals surface area contributed by atoms with Gasteiger partial charge in [0.05, 0.1) is 25.4 Å². The number of rotatable bonds is 60. The molecule has 2 atom stereocenters. The third-order valence-electron chi connectivity index (χ3n) is 15.0. The maximum atomic E-state index is 12.5. The number of hydrogen-bond donors (Lipinski definition) is 3. The van der Waals surface area contributed by atoms with Crippen molar-refractivity contribution in [1.82, 2.24) is 5.32 Å². The molecule has 420 valence electrons. The molecule has 0 aromatic heterocycles. The fraction of sp³-hybridized carbons (Fsp3) is 0.908. The van der Waals surface area contributed by atoms with E-state index in [0.29, 0.717) is 25.9 Å². The van der Waals surface area contributed by atoms with Crippen LogP contribution in [0.5, 0.6) is 0 Å². The molecule has 0 spiro atoms. The summed E-state index contributed by atoms with van der Waals surface area (Å²) in [6.07, 6.45) is 74.8.